The molecule has 140 valence electrons. The number of halogens is 3. The third-order valence-electron chi connectivity index (χ3n) is 3.29. The van der Waals surface area contributed by atoms with E-state index in [1.807, 2.05) is 13.0 Å². The first kappa shape index (κ1) is 19.9. The zero-order chi connectivity index (χ0) is 19.2. The summed E-state index contributed by atoms with van der Waals surface area (Å²) in [6, 6.07) is 6.60. The van der Waals surface area contributed by atoms with E-state index in [9.17, 15) is 22.8 Å². The van der Waals surface area contributed by atoms with Crippen LogP contribution < -0.4 is 10.1 Å². The normalized spacial score (nSPS) is 11.2. The molecule has 0 atom stereocenters. The smallest absolute Gasteiger partial charge is 0.422 e. The van der Waals surface area contributed by atoms with Gasteiger partial charge in [-0.2, -0.15) is 13.2 Å². The average Bonchev–Trinajstić information content (AvgIpc) is 3.02. The van der Waals surface area contributed by atoms with E-state index in [1.54, 1.807) is 6.07 Å². The number of aryl methyl sites for hydroxylation is 1. The largest absolute Gasteiger partial charge is 0.468 e. The maximum Gasteiger partial charge on any atom is 0.422 e. The molecule has 26 heavy (non-hydrogen) atoms. The van der Waals surface area contributed by atoms with Crippen LogP contribution in [0.1, 0.15) is 33.0 Å². The van der Waals surface area contributed by atoms with Crippen molar-refractivity contribution >= 4 is 23.0 Å². The number of carbonyl (C=O) groups excluding carboxylic acids is 2. The van der Waals surface area contributed by atoms with Crippen LogP contribution in [0.2, 0.25) is 0 Å². The fourth-order valence-corrected chi connectivity index (χ4v) is 2.89. The van der Waals surface area contributed by atoms with Gasteiger partial charge in [-0.3, -0.25) is 9.59 Å². The van der Waals surface area contributed by atoms with Crippen molar-refractivity contribution in [3.63, 3.8) is 0 Å². The van der Waals surface area contributed by atoms with E-state index in [-0.39, 0.29) is 37.0 Å². The van der Waals surface area contributed by atoms with E-state index in [1.165, 1.54) is 29.7 Å². The van der Waals surface area contributed by atoms with Gasteiger partial charge in [-0.1, -0.05) is 6.07 Å². The monoisotopic (exact) mass is 386 g/mol. The van der Waals surface area contributed by atoms with E-state index in [2.05, 4.69) is 15.0 Å². The quantitative estimate of drug-likeness (QED) is 0.703. The van der Waals surface area contributed by atoms with Gasteiger partial charge in [-0.05, 0) is 25.1 Å². The van der Waals surface area contributed by atoms with Gasteiger partial charge in [-0.15, -0.1) is 11.3 Å². The Morgan fingerprint density at radius 2 is 2.00 bits per heavy atom. The molecular weight excluding hydrogens is 369 g/mol. The number of nitrogens with zero attached hydrogens (tertiary/aromatic N) is 1. The molecule has 9 heteroatoms. The Labute approximate surface area is 152 Å². The van der Waals surface area contributed by atoms with Gasteiger partial charge >= 0.3 is 6.18 Å². The molecule has 2 aromatic heterocycles. The second kappa shape index (κ2) is 8.79. The number of amides is 1. The van der Waals surface area contributed by atoms with Gasteiger partial charge in [0.2, 0.25) is 11.8 Å². The first-order valence-electron chi connectivity index (χ1n) is 7.74. The van der Waals surface area contributed by atoms with Gasteiger partial charge in [0.15, 0.2) is 12.4 Å². The van der Waals surface area contributed by atoms with Gasteiger partial charge in [0.05, 0.1) is 4.88 Å². The number of ether oxygens (including phenoxy) is 1. The Balaban J connectivity index is 1.82. The first-order valence-corrected chi connectivity index (χ1v) is 8.56. The van der Waals surface area contributed by atoms with Crippen LogP contribution in [-0.2, 0) is 11.3 Å². The molecule has 0 radical (unpaired) electrons. The van der Waals surface area contributed by atoms with Crippen molar-refractivity contribution in [1.29, 1.82) is 0 Å². The Morgan fingerprint density at radius 3 is 2.65 bits per heavy atom. The van der Waals surface area contributed by atoms with E-state index in [0.717, 1.165) is 4.88 Å². The average molecular weight is 386 g/mol. The molecule has 1 amide bonds. The number of rotatable bonds is 8. The van der Waals surface area contributed by atoms with Crippen molar-refractivity contribution in [3.05, 3.63) is 45.8 Å². The lowest BCUT2D eigenvalue weighted by molar-refractivity contribution is -0.154. The molecule has 0 bridgehead atoms. The number of nitrogens with one attached hydrogen (secondary N) is 1. The molecule has 5 nitrogen and oxygen atoms in total. The minimum atomic E-state index is -4.47. The topological polar surface area (TPSA) is 68.3 Å². The summed E-state index contributed by atoms with van der Waals surface area (Å²) in [6.07, 6.45) is -3.11. The number of alkyl halides is 3. The van der Waals surface area contributed by atoms with Crippen molar-refractivity contribution in [2.45, 2.75) is 32.5 Å². The molecule has 0 spiro atoms. The SMILES string of the molecule is Cc1ccc(C(=O)CCC(=O)NCc2cccnc2OCC(F)(F)F)s1. The Kier molecular flexibility index (Phi) is 6.73. The molecule has 0 saturated heterocycles. The predicted molar refractivity (Wildman–Crippen MR) is 90.3 cm³/mol. The second-order valence-corrected chi connectivity index (χ2v) is 6.77. The van der Waals surface area contributed by atoms with Gasteiger partial charge in [0.1, 0.15) is 0 Å². The Bertz CT molecular complexity index is 775. The number of hydrogen-bond donors (Lipinski definition) is 1. The number of aromatic nitrogens is 1. The van der Waals surface area contributed by atoms with Crippen LogP contribution in [0.4, 0.5) is 13.2 Å². The fraction of sp³-hybridized carbons (Fsp3) is 0.353. The summed E-state index contributed by atoms with van der Waals surface area (Å²) < 4.78 is 41.4. The summed E-state index contributed by atoms with van der Waals surface area (Å²) in [6.45, 7) is 0.395. The van der Waals surface area contributed by atoms with Crippen LogP contribution in [-0.4, -0.2) is 29.5 Å². The van der Waals surface area contributed by atoms with Gasteiger partial charge in [0, 0.05) is 36.0 Å². The van der Waals surface area contributed by atoms with Gasteiger partial charge in [-0.25, -0.2) is 4.98 Å². The standard InChI is InChI=1S/C17H17F3N2O3S/c1-11-4-6-14(26-11)13(23)5-7-15(24)22-9-12-3-2-8-21-16(12)25-10-17(18,19)20/h2-4,6,8H,5,7,9-10H2,1H3,(H,22,24). The van der Waals surface area contributed by atoms with Crippen LogP contribution in [0.3, 0.4) is 0 Å². The zero-order valence-electron chi connectivity index (χ0n) is 13.9. The summed E-state index contributed by atoms with van der Waals surface area (Å²) in [5.41, 5.74) is 0.324. The molecule has 2 aromatic rings. The van der Waals surface area contributed by atoms with Gasteiger partial charge in [0.25, 0.3) is 0 Å². The summed E-state index contributed by atoms with van der Waals surface area (Å²) in [5.74, 6) is -0.679. The van der Waals surface area contributed by atoms with Crippen LogP contribution in [0.25, 0.3) is 0 Å². The molecule has 0 aliphatic heterocycles. The molecule has 0 aliphatic rings. The molecule has 2 rings (SSSR count). The minimum absolute atomic E-state index is 0.00517. The molecular formula is C17H17F3N2O3S. The van der Waals surface area contributed by atoms with E-state index in [0.29, 0.717) is 10.4 Å². The number of pyridine rings is 1. The first-order chi connectivity index (χ1) is 12.2. The molecule has 1 N–H and O–H groups in total. The Morgan fingerprint density at radius 1 is 1.23 bits per heavy atom. The van der Waals surface area contributed by atoms with E-state index >= 15 is 0 Å². The molecule has 0 unspecified atom stereocenters. The van der Waals surface area contributed by atoms with Crippen molar-refractivity contribution < 1.29 is 27.5 Å². The Hall–Kier alpha value is -2.42. The van der Waals surface area contributed by atoms with E-state index in [4.69, 9.17) is 0 Å². The highest BCUT2D eigenvalue weighted by atomic mass is 32.1. The van der Waals surface area contributed by atoms with Crippen LogP contribution in [0.5, 0.6) is 5.88 Å². The number of Topliss-reactive ketones (excluding diaryl/α,β-unsaturated/α-hetero) is 1. The molecule has 2 heterocycles. The molecule has 0 aromatic carbocycles. The second-order valence-electron chi connectivity index (χ2n) is 5.48. The lowest BCUT2D eigenvalue weighted by atomic mass is 10.2. The fourth-order valence-electron chi connectivity index (χ4n) is 2.06. The minimum Gasteiger partial charge on any atom is -0.468 e. The van der Waals surface area contributed by atoms with Crippen molar-refractivity contribution in [1.82, 2.24) is 10.3 Å². The zero-order valence-corrected chi connectivity index (χ0v) is 14.7. The third-order valence-corrected chi connectivity index (χ3v) is 4.33. The maximum absolute atomic E-state index is 12.3. The number of thiophene rings is 1. The summed E-state index contributed by atoms with van der Waals surface area (Å²) in [5, 5.41) is 2.56. The van der Waals surface area contributed by atoms with Crippen molar-refractivity contribution in [2.75, 3.05) is 6.61 Å². The highest BCUT2D eigenvalue weighted by Crippen LogP contribution is 2.20. The number of carbonyl (C=O) groups is 2. The summed E-state index contributed by atoms with van der Waals surface area (Å²) in [4.78, 5) is 29.2. The van der Waals surface area contributed by atoms with Crippen molar-refractivity contribution in [3.8, 4) is 5.88 Å². The highest BCUT2D eigenvalue weighted by molar-refractivity contribution is 7.14. The molecule has 0 aliphatic carbocycles. The maximum atomic E-state index is 12.3. The molecule has 0 fully saturated rings. The summed E-state index contributed by atoms with van der Waals surface area (Å²) in [7, 11) is 0. The van der Waals surface area contributed by atoms with Crippen LogP contribution in [0, 0.1) is 6.92 Å². The third kappa shape index (κ3) is 6.47. The van der Waals surface area contributed by atoms with Crippen molar-refractivity contribution in [2.24, 2.45) is 0 Å². The highest BCUT2D eigenvalue weighted by Gasteiger charge is 2.29. The molecule has 0 saturated carbocycles. The van der Waals surface area contributed by atoms with E-state index < -0.39 is 12.8 Å². The lowest BCUT2D eigenvalue weighted by Crippen LogP contribution is -2.24. The lowest BCUT2D eigenvalue weighted by Gasteiger charge is -2.12. The number of ketones is 1. The van der Waals surface area contributed by atoms with Gasteiger partial charge < -0.3 is 10.1 Å². The number of hydrogen-bond acceptors (Lipinski definition) is 5. The predicted octanol–water partition coefficient (Wildman–Crippen LogP) is 3.67. The van der Waals surface area contributed by atoms with Crippen LogP contribution in [0.15, 0.2) is 30.5 Å². The summed E-state index contributed by atoms with van der Waals surface area (Å²) >= 11 is 1.37. The van der Waals surface area contributed by atoms with Crippen LogP contribution >= 0.6 is 11.3 Å².